The standard InChI is InChI=1S/C14H11ClN4O/c15-13-4-2-9(6-18-13)19-14(20)11-7-17-12-3-1-8(16)5-10(11)12/h1-7,17H,16H2,(H,19,20). The smallest absolute Gasteiger partial charge is 0.257 e. The molecule has 5 nitrogen and oxygen atoms in total. The molecule has 3 rings (SSSR count). The number of anilines is 2. The molecule has 0 saturated heterocycles. The number of nitrogens with one attached hydrogen (secondary N) is 2. The highest BCUT2D eigenvalue weighted by Crippen LogP contribution is 2.22. The highest BCUT2D eigenvalue weighted by atomic mass is 35.5. The van der Waals surface area contributed by atoms with Gasteiger partial charge in [0.05, 0.1) is 17.4 Å². The van der Waals surface area contributed by atoms with E-state index in [2.05, 4.69) is 15.3 Å². The Kier molecular flexibility index (Phi) is 3.04. The first kappa shape index (κ1) is 12.5. The molecule has 0 atom stereocenters. The fourth-order valence-corrected chi connectivity index (χ4v) is 2.09. The summed E-state index contributed by atoms with van der Waals surface area (Å²) in [6.07, 6.45) is 3.16. The van der Waals surface area contributed by atoms with Gasteiger partial charge in [-0.05, 0) is 30.3 Å². The van der Waals surface area contributed by atoms with Gasteiger partial charge in [0.25, 0.3) is 5.91 Å². The molecule has 2 aromatic heterocycles. The highest BCUT2D eigenvalue weighted by Gasteiger charge is 2.12. The van der Waals surface area contributed by atoms with Gasteiger partial charge in [-0.25, -0.2) is 4.98 Å². The number of fused-ring (bicyclic) bond motifs is 1. The van der Waals surface area contributed by atoms with Crippen LogP contribution < -0.4 is 11.1 Å². The van der Waals surface area contributed by atoms with Crippen LogP contribution >= 0.6 is 11.6 Å². The van der Waals surface area contributed by atoms with Crippen molar-refractivity contribution in [2.24, 2.45) is 0 Å². The Labute approximate surface area is 119 Å². The molecule has 0 unspecified atom stereocenters. The molecule has 3 aromatic rings. The lowest BCUT2D eigenvalue weighted by atomic mass is 10.1. The van der Waals surface area contributed by atoms with Gasteiger partial charge in [0, 0.05) is 22.8 Å². The van der Waals surface area contributed by atoms with Crippen molar-refractivity contribution in [2.75, 3.05) is 11.1 Å². The molecule has 0 radical (unpaired) electrons. The first-order valence-electron chi connectivity index (χ1n) is 5.93. The number of hydrogen-bond acceptors (Lipinski definition) is 3. The molecular formula is C14H11ClN4O. The minimum absolute atomic E-state index is 0.231. The molecule has 2 heterocycles. The summed E-state index contributed by atoms with van der Waals surface area (Å²) in [4.78, 5) is 19.2. The number of amides is 1. The number of halogens is 1. The van der Waals surface area contributed by atoms with Gasteiger partial charge >= 0.3 is 0 Å². The van der Waals surface area contributed by atoms with Crippen molar-refractivity contribution in [3.63, 3.8) is 0 Å². The van der Waals surface area contributed by atoms with Gasteiger partial charge in [-0.2, -0.15) is 0 Å². The molecular weight excluding hydrogens is 276 g/mol. The normalized spacial score (nSPS) is 10.7. The Hall–Kier alpha value is -2.53. The topological polar surface area (TPSA) is 83.8 Å². The van der Waals surface area contributed by atoms with Crippen LogP contribution in [0, 0.1) is 0 Å². The monoisotopic (exact) mass is 286 g/mol. The van der Waals surface area contributed by atoms with Crippen LogP contribution in [0.5, 0.6) is 0 Å². The van der Waals surface area contributed by atoms with Crippen LogP contribution in [0.1, 0.15) is 10.4 Å². The highest BCUT2D eigenvalue weighted by molar-refractivity contribution is 6.29. The molecule has 0 bridgehead atoms. The lowest BCUT2D eigenvalue weighted by Crippen LogP contribution is -2.11. The average Bonchev–Trinajstić information content (AvgIpc) is 2.84. The van der Waals surface area contributed by atoms with Gasteiger partial charge < -0.3 is 16.0 Å². The number of aromatic amines is 1. The number of carbonyl (C=O) groups is 1. The van der Waals surface area contributed by atoms with Crippen molar-refractivity contribution in [3.05, 3.63) is 53.4 Å². The molecule has 0 spiro atoms. The molecule has 6 heteroatoms. The second-order valence-electron chi connectivity index (χ2n) is 4.33. The van der Waals surface area contributed by atoms with Crippen LogP contribution in [0.2, 0.25) is 5.15 Å². The number of hydrogen-bond donors (Lipinski definition) is 3. The summed E-state index contributed by atoms with van der Waals surface area (Å²) in [5.74, 6) is -0.231. The van der Waals surface area contributed by atoms with Crippen molar-refractivity contribution in [1.82, 2.24) is 9.97 Å². The third-order valence-electron chi connectivity index (χ3n) is 2.94. The third-order valence-corrected chi connectivity index (χ3v) is 3.16. The van der Waals surface area contributed by atoms with Crippen LogP contribution in [0.25, 0.3) is 10.9 Å². The Morgan fingerprint density at radius 2 is 2.15 bits per heavy atom. The molecule has 0 saturated carbocycles. The number of benzene rings is 1. The van der Waals surface area contributed by atoms with E-state index in [1.165, 1.54) is 6.20 Å². The van der Waals surface area contributed by atoms with Crippen molar-refractivity contribution in [1.29, 1.82) is 0 Å². The molecule has 20 heavy (non-hydrogen) atoms. The zero-order valence-electron chi connectivity index (χ0n) is 10.4. The summed E-state index contributed by atoms with van der Waals surface area (Å²) in [7, 11) is 0. The van der Waals surface area contributed by atoms with E-state index in [0.717, 1.165) is 10.9 Å². The number of nitrogens with zero attached hydrogens (tertiary/aromatic N) is 1. The van der Waals surface area contributed by atoms with Crippen LogP contribution in [0.15, 0.2) is 42.7 Å². The van der Waals surface area contributed by atoms with Gasteiger partial charge in [-0.1, -0.05) is 11.6 Å². The number of nitrogen functional groups attached to an aromatic ring is 1. The summed E-state index contributed by atoms with van der Waals surface area (Å²) in [6, 6.07) is 8.69. The van der Waals surface area contributed by atoms with E-state index >= 15 is 0 Å². The summed E-state index contributed by atoms with van der Waals surface area (Å²) >= 11 is 5.70. The molecule has 100 valence electrons. The first-order valence-corrected chi connectivity index (χ1v) is 6.31. The Bertz CT molecular complexity index is 779. The van der Waals surface area contributed by atoms with Crippen molar-refractivity contribution < 1.29 is 4.79 Å². The van der Waals surface area contributed by atoms with E-state index in [1.54, 1.807) is 30.5 Å². The fourth-order valence-electron chi connectivity index (χ4n) is 1.97. The molecule has 0 aliphatic rings. The summed E-state index contributed by atoms with van der Waals surface area (Å²) in [5, 5.41) is 3.92. The summed E-state index contributed by atoms with van der Waals surface area (Å²) < 4.78 is 0. The number of aromatic nitrogens is 2. The maximum atomic E-state index is 12.3. The Balaban J connectivity index is 1.92. The number of carbonyl (C=O) groups excluding carboxylic acids is 1. The molecule has 1 aromatic carbocycles. The van der Waals surface area contributed by atoms with Gasteiger partial charge in [0.2, 0.25) is 0 Å². The van der Waals surface area contributed by atoms with Crippen molar-refractivity contribution in [2.45, 2.75) is 0 Å². The second kappa shape index (κ2) is 4.86. The van der Waals surface area contributed by atoms with Crippen LogP contribution in [-0.2, 0) is 0 Å². The Morgan fingerprint density at radius 1 is 1.30 bits per heavy atom. The molecule has 0 aliphatic carbocycles. The maximum absolute atomic E-state index is 12.3. The van der Waals surface area contributed by atoms with Crippen LogP contribution in [-0.4, -0.2) is 15.9 Å². The van der Waals surface area contributed by atoms with Crippen LogP contribution in [0.3, 0.4) is 0 Å². The number of H-pyrrole nitrogens is 1. The number of pyridine rings is 1. The van der Waals surface area contributed by atoms with E-state index in [9.17, 15) is 4.79 Å². The van der Waals surface area contributed by atoms with E-state index in [1.807, 2.05) is 6.07 Å². The third kappa shape index (κ3) is 2.31. The van der Waals surface area contributed by atoms with E-state index in [0.29, 0.717) is 22.1 Å². The summed E-state index contributed by atoms with van der Waals surface area (Å²) in [5.41, 5.74) is 8.33. The minimum Gasteiger partial charge on any atom is -0.399 e. The number of nitrogens with two attached hydrogens (primary N) is 1. The predicted octanol–water partition coefficient (Wildman–Crippen LogP) is 3.05. The zero-order valence-corrected chi connectivity index (χ0v) is 11.1. The molecule has 1 amide bonds. The van der Waals surface area contributed by atoms with Crippen molar-refractivity contribution in [3.8, 4) is 0 Å². The lowest BCUT2D eigenvalue weighted by Gasteiger charge is -2.04. The number of rotatable bonds is 2. The minimum atomic E-state index is -0.231. The fraction of sp³-hybridized carbons (Fsp3) is 0. The van der Waals surface area contributed by atoms with E-state index < -0.39 is 0 Å². The average molecular weight is 287 g/mol. The maximum Gasteiger partial charge on any atom is 0.257 e. The lowest BCUT2D eigenvalue weighted by molar-refractivity contribution is 0.102. The molecule has 4 N–H and O–H groups in total. The van der Waals surface area contributed by atoms with Gasteiger partial charge in [0.1, 0.15) is 5.15 Å². The van der Waals surface area contributed by atoms with Crippen LogP contribution in [0.4, 0.5) is 11.4 Å². The Morgan fingerprint density at radius 3 is 2.90 bits per heavy atom. The zero-order chi connectivity index (χ0) is 14.1. The predicted molar refractivity (Wildman–Crippen MR) is 79.9 cm³/mol. The quantitative estimate of drug-likeness (QED) is 0.500. The van der Waals surface area contributed by atoms with E-state index in [-0.39, 0.29) is 5.91 Å². The first-order chi connectivity index (χ1) is 9.63. The van der Waals surface area contributed by atoms with Crippen molar-refractivity contribution >= 4 is 39.8 Å². The largest absolute Gasteiger partial charge is 0.399 e. The van der Waals surface area contributed by atoms with E-state index in [4.69, 9.17) is 17.3 Å². The van der Waals surface area contributed by atoms with Gasteiger partial charge in [0.15, 0.2) is 0 Å². The summed E-state index contributed by atoms with van der Waals surface area (Å²) in [6.45, 7) is 0. The van der Waals surface area contributed by atoms with Gasteiger partial charge in [-0.3, -0.25) is 4.79 Å². The van der Waals surface area contributed by atoms with Gasteiger partial charge in [-0.15, -0.1) is 0 Å². The molecule has 0 fully saturated rings. The SMILES string of the molecule is Nc1ccc2[nH]cc(C(=O)Nc3ccc(Cl)nc3)c2c1. The molecule has 0 aliphatic heterocycles. The second-order valence-corrected chi connectivity index (χ2v) is 4.72.